The van der Waals surface area contributed by atoms with Gasteiger partial charge in [0.2, 0.25) is 5.91 Å². The summed E-state index contributed by atoms with van der Waals surface area (Å²) in [6, 6.07) is 9.51. The number of nitrogens with zero attached hydrogens (tertiary/aromatic N) is 3. The summed E-state index contributed by atoms with van der Waals surface area (Å²) in [6.45, 7) is 4.64. The van der Waals surface area contributed by atoms with Crippen LogP contribution in [-0.4, -0.2) is 148 Å². The van der Waals surface area contributed by atoms with Crippen LogP contribution in [-0.2, 0) is 32.1 Å². The van der Waals surface area contributed by atoms with E-state index < -0.39 is 37.1 Å². The van der Waals surface area contributed by atoms with Crippen molar-refractivity contribution in [1.29, 1.82) is 5.26 Å². The van der Waals surface area contributed by atoms with E-state index in [4.69, 9.17) is 19.3 Å². The fourth-order valence-corrected chi connectivity index (χ4v) is 9.22. The summed E-state index contributed by atoms with van der Waals surface area (Å²) in [5, 5.41) is 64.6. The third-order valence-corrected chi connectivity index (χ3v) is 11.5. The van der Waals surface area contributed by atoms with Crippen molar-refractivity contribution in [3.05, 3.63) is 35.4 Å². The van der Waals surface area contributed by atoms with Crippen LogP contribution in [0.5, 0.6) is 0 Å². The van der Waals surface area contributed by atoms with E-state index in [1.165, 1.54) is 6.42 Å². The first-order valence-corrected chi connectivity index (χ1v) is 19.2. The molecule has 0 aromatic heterocycles. The predicted octanol–water partition coefficient (Wildman–Crippen LogP) is 0.399. The van der Waals surface area contributed by atoms with E-state index in [0.717, 1.165) is 56.1 Å². The number of hydrogen-bond donors (Lipinski definition) is 7. The molecule has 5 aliphatic rings. The molecule has 2 amide bonds. The highest BCUT2D eigenvalue weighted by Crippen LogP contribution is 2.58. The third-order valence-electron chi connectivity index (χ3n) is 11.5. The van der Waals surface area contributed by atoms with E-state index in [1.807, 2.05) is 36.1 Å². The van der Waals surface area contributed by atoms with Gasteiger partial charge in [0.05, 0.1) is 50.7 Å². The minimum Gasteiger partial charge on any atom is -0.447 e. The molecule has 53 heavy (non-hydrogen) atoms. The van der Waals surface area contributed by atoms with E-state index >= 15 is 0 Å². The number of carbonyl (C=O) groups excluding carboxylic acids is 2. The van der Waals surface area contributed by atoms with E-state index in [9.17, 15) is 35.3 Å². The van der Waals surface area contributed by atoms with Gasteiger partial charge in [-0.05, 0) is 80.9 Å². The Morgan fingerprint density at radius 3 is 2.36 bits per heavy atom. The highest BCUT2D eigenvalue weighted by Gasteiger charge is 2.58. The van der Waals surface area contributed by atoms with Crippen LogP contribution in [0.15, 0.2) is 24.3 Å². The van der Waals surface area contributed by atoms with Gasteiger partial charge in [-0.2, -0.15) is 5.26 Å². The molecule has 1 aromatic carbocycles. The summed E-state index contributed by atoms with van der Waals surface area (Å²) in [5.41, 5.74) is 1.50. The molecule has 9 atom stereocenters. The Morgan fingerprint density at radius 1 is 1.00 bits per heavy atom. The van der Waals surface area contributed by atoms with Crippen molar-refractivity contribution in [1.82, 2.24) is 20.4 Å². The zero-order chi connectivity index (χ0) is 38.0. The van der Waals surface area contributed by atoms with Gasteiger partial charge in [-0.1, -0.05) is 31.2 Å². The van der Waals surface area contributed by atoms with Crippen molar-refractivity contribution < 1.29 is 49.3 Å². The van der Waals surface area contributed by atoms with E-state index in [2.05, 4.69) is 16.7 Å². The van der Waals surface area contributed by atoms with Crippen molar-refractivity contribution in [2.24, 2.45) is 11.8 Å². The van der Waals surface area contributed by atoms with E-state index in [0.29, 0.717) is 44.7 Å². The molecular formula is C38H59N5O10. The van der Waals surface area contributed by atoms with Crippen LogP contribution in [0.25, 0.3) is 0 Å². The first-order chi connectivity index (χ1) is 25.5. The number of nitriles is 1. The molecule has 1 aliphatic heterocycles. The zero-order valence-corrected chi connectivity index (χ0v) is 30.9. The fourth-order valence-electron chi connectivity index (χ4n) is 9.22. The quantitative estimate of drug-likeness (QED) is 0.0850. The second-order valence-corrected chi connectivity index (χ2v) is 15.5. The lowest BCUT2D eigenvalue weighted by atomic mass is 9.51. The number of nitrogens with one attached hydrogen (secondary N) is 2. The topological polar surface area (TPSA) is 217 Å². The van der Waals surface area contributed by atoms with Crippen molar-refractivity contribution >= 4 is 12.0 Å². The normalized spacial score (nSPS) is 28.4. The lowest BCUT2D eigenvalue weighted by Gasteiger charge is -2.62. The number of aliphatic hydroxyl groups is 5. The maximum atomic E-state index is 13.0. The second kappa shape index (κ2) is 19.1. The molecule has 1 saturated heterocycles. The number of likely N-dealkylation sites (tertiary alicyclic amines) is 1. The maximum Gasteiger partial charge on any atom is 0.407 e. The number of rotatable bonds is 21. The van der Waals surface area contributed by atoms with Crippen LogP contribution >= 0.6 is 0 Å². The molecule has 15 nitrogen and oxygen atoms in total. The number of amides is 2. The first kappa shape index (κ1) is 41.3. The van der Waals surface area contributed by atoms with Gasteiger partial charge in [-0.15, -0.1) is 0 Å². The number of hydrogen-bond acceptors (Lipinski definition) is 13. The summed E-state index contributed by atoms with van der Waals surface area (Å²) in [4.78, 5) is 28.8. The minimum atomic E-state index is -1.67. The van der Waals surface area contributed by atoms with Crippen LogP contribution in [0.4, 0.5) is 4.79 Å². The molecule has 5 fully saturated rings. The van der Waals surface area contributed by atoms with Crippen LogP contribution in [0, 0.1) is 23.2 Å². The van der Waals surface area contributed by atoms with Crippen LogP contribution in [0.2, 0.25) is 0 Å². The van der Waals surface area contributed by atoms with Gasteiger partial charge in [-0.25, -0.2) is 4.79 Å². The van der Waals surface area contributed by atoms with Crippen molar-refractivity contribution in [2.75, 3.05) is 59.2 Å². The number of alkyl carbamates (subject to hydrolysis) is 1. The average Bonchev–Trinajstić information content (AvgIpc) is 3.64. The van der Waals surface area contributed by atoms with E-state index in [1.54, 1.807) is 4.90 Å². The molecule has 4 bridgehead atoms. The highest BCUT2D eigenvalue weighted by molar-refractivity contribution is 5.79. The Morgan fingerprint density at radius 2 is 1.68 bits per heavy atom. The first-order valence-electron chi connectivity index (χ1n) is 19.2. The Kier molecular flexibility index (Phi) is 14.9. The summed E-state index contributed by atoms with van der Waals surface area (Å²) in [5.74, 6) is 1.18. The molecule has 1 heterocycles. The van der Waals surface area contributed by atoms with Gasteiger partial charge in [-0.3, -0.25) is 9.69 Å². The van der Waals surface area contributed by atoms with Gasteiger partial charge in [0.15, 0.2) is 0 Å². The minimum absolute atomic E-state index is 0.0184. The molecular weight excluding hydrogens is 686 g/mol. The van der Waals surface area contributed by atoms with Gasteiger partial charge in [0.1, 0.15) is 31.0 Å². The fraction of sp³-hybridized carbons (Fsp3) is 0.763. The highest BCUT2D eigenvalue weighted by atomic mass is 16.6. The zero-order valence-electron chi connectivity index (χ0n) is 30.9. The number of benzene rings is 1. The van der Waals surface area contributed by atoms with Gasteiger partial charge >= 0.3 is 6.09 Å². The molecule has 4 aliphatic carbocycles. The average molecular weight is 746 g/mol. The smallest absolute Gasteiger partial charge is 0.407 e. The standard InChI is InChI=1S/C38H59N5O10/c1-2-42(23-31(45)34(48)35(49)32(46)24-44)22-27-7-5-26(6-8-27)20-40-36(50)52-12-10-51-11-13-53-38-17-28-14-29(18-38)16-37(15-28,25-38)41-21-33(47)43-9-3-4-30(43)19-39/h5-8,28-32,34-35,41,44-46,48-49H,2-4,9-18,20-25H2,1H3,(H,40,50)/t28-,29?,30-,31?,32+,34?,35+,37?,38?/m0/s1. The SMILES string of the molecule is CCN(Cc1ccc(CNC(=O)OCCOCCOC23CC4C[C@@H](CC(NCC(=O)N5CCC[C@H]5C#N)(C4)C2)C3)cc1)CC(O)C(O)[C@H](O)[C@H](O)CO. The molecule has 0 radical (unpaired) electrons. The largest absolute Gasteiger partial charge is 0.447 e. The monoisotopic (exact) mass is 745 g/mol. The van der Waals surface area contributed by atoms with Gasteiger partial charge in [0, 0.05) is 31.7 Å². The number of carbonyl (C=O) groups is 2. The Hall–Kier alpha value is -2.91. The van der Waals surface area contributed by atoms with E-state index in [-0.39, 0.29) is 55.9 Å². The lowest BCUT2D eigenvalue weighted by Crippen LogP contribution is -2.66. The van der Waals surface area contributed by atoms with Gasteiger partial charge in [0.25, 0.3) is 0 Å². The lowest BCUT2D eigenvalue weighted by molar-refractivity contribution is -0.182. The Labute approximate surface area is 312 Å². The summed E-state index contributed by atoms with van der Waals surface area (Å²) in [7, 11) is 0. The predicted molar refractivity (Wildman–Crippen MR) is 192 cm³/mol. The van der Waals surface area contributed by atoms with Crippen LogP contribution in [0.3, 0.4) is 0 Å². The Balaban J connectivity index is 0.943. The summed E-state index contributed by atoms with van der Waals surface area (Å²) >= 11 is 0. The number of likely N-dealkylation sites (N-methyl/N-ethyl adjacent to an activating group) is 1. The van der Waals surface area contributed by atoms with Crippen LogP contribution < -0.4 is 10.6 Å². The third kappa shape index (κ3) is 11.1. The molecule has 0 spiro atoms. The van der Waals surface area contributed by atoms with Crippen molar-refractivity contribution in [3.63, 3.8) is 0 Å². The second-order valence-electron chi connectivity index (χ2n) is 15.5. The Bertz CT molecular complexity index is 1360. The molecule has 1 aromatic rings. The number of ether oxygens (including phenoxy) is 3. The van der Waals surface area contributed by atoms with Gasteiger partial charge < -0.3 is 55.3 Å². The molecule has 4 saturated carbocycles. The van der Waals surface area contributed by atoms with Crippen molar-refractivity contribution in [3.8, 4) is 6.07 Å². The molecule has 6 rings (SSSR count). The van der Waals surface area contributed by atoms with Crippen LogP contribution in [0.1, 0.15) is 69.4 Å². The van der Waals surface area contributed by atoms with Crippen molar-refractivity contribution in [2.45, 2.75) is 113 Å². The molecule has 7 N–H and O–H groups in total. The number of aliphatic hydroxyl groups excluding tert-OH is 5. The molecule has 15 heteroatoms. The molecule has 5 unspecified atom stereocenters. The summed E-state index contributed by atoms with van der Waals surface area (Å²) in [6.07, 6.45) is 1.23. The maximum absolute atomic E-state index is 13.0. The summed E-state index contributed by atoms with van der Waals surface area (Å²) < 4.78 is 17.5. The molecule has 296 valence electrons.